The first kappa shape index (κ1) is 22.3. The summed E-state index contributed by atoms with van der Waals surface area (Å²) in [5, 5.41) is 7.27. The molecule has 0 unspecified atom stereocenters. The van der Waals surface area contributed by atoms with Gasteiger partial charge in [-0.05, 0) is 66.0 Å². The fraction of sp³-hybridized carbons (Fsp3) is 0.593. The summed E-state index contributed by atoms with van der Waals surface area (Å²) in [6, 6.07) is 13.5. The van der Waals surface area contributed by atoms with Gasteiger partial charge in [0.2, 0.25) is 0 Å². The van der Waals surface area contributed by atoms with E-state index in [0.29, 0.717) is 6.61 Å². The molecule has 31 heavy (non-hydrogen) atoms. The van der Waals surface area contributed by atoms with Crippen LogP contribution < -0.4 is 4.90 Å². The Bertz CT molecular complexity index is 897. The van der Waals surface area contributed by atoms with Crippen LogP contribution in [0.25, 0.3) is 11.3 Å². The van der Waals surface area contributed by atoms with Gasteiger partial charge in [0.25, 0.3) is 0 Å². The minimum atomic E-state index is 0.212. The molecule has 0 saturated carbocycles. The third-order valence-electron chi connectivity index (χ3n) is 7.24. The molecule has 2 heterocycles. The number of piperazine rings is 1. The van der Waals surface area contributed by atoms with E-state index in [9.17, 15) is 0 Å². The lowest BCUT2D eigenvalue weighted by atomic mass is 9.82. The summed E-state index contributed by atoms with van der Waals surface area (Å²) in [5.41, 5.74) is 5.76. The number of pyridine rings is 1. The predicted molar refractivity (Wildman–Crippen MR) is 131 cm³/mol. The summed E-state index contributed by atoms with van der Waals surface area (Å²) in [6.45, 7) is 15.5. The van der Waals surface area contributed by atoms with Crippen LogP contribution in [0.4, 0.5) is 5.82 Å². The van der Waals surface area contributed by atoms with Gasteiger partial charge in [-0.3, -0.25) is 4.90 Å². The number of anilines is 1. The molecule has 2 aliphatic rings. The van der Waals surface area contributed by atoms with Crippen LogP contribution >= 0.6 is 0 Å². The minimum Gasteiger partial charge on any atom is -0.445 e. The van der Waals surface area contributed by atoms with Gasteiger partial charge in [-0.15, -0.1) is 0 Å². The smallest absolute Gasteiger partial charge is 0.143 e. The Morgan fingerprint density at radius 2 is 1.61 bits per heavy atom. The molecule has 4 nitrogen and oxygen atoms in total. The van der Waals surface area contributed by atoms with Crippen LogP contribution in [0.15, 0.2) is 36.4 Å². The van der Waals surface area contributed by atoms with E-state index >= 15 is 0 Å². The van der Waals surface area contributed by atoms with Crippen molar-refractivity contribution >= 4 is 5.82 Å². The zero-order valence-corrected chi connectivity index (χ0v) is 19.9. The summed E-state index contributed by atoms with van der Waals surface area (Å²) in [5.74, 6) is 1.10. The van der Waals surface area contributed by atoms with E-state index < -0.39 is 0 Å². The summed E-state index contributed by atoms with van der Waals surface area (Å²) < 4.78 is 0. The van der Waals surface area contributed by atoms with Gasteiger partial charge in [0, 0.05) is 38.2 Å². The Morgan fingerprint density at radius 1 is 0.871 bits per heavy atom. The number of aromatic nitrogens is 1. The number of benzene rings is 1. The van der Waals surface area contributed by atoms with Crippen LogP contribution in [0, 0.1) is 0 Å². The van der Waals surface area contributed by atoms with Crippen molar-refractivity contribution in [1.29, 1.82) is 0 Å². The van der Waals surface area contributed by atoms with Crippen molar-refractivity contribution in [2.24, 2.45) is 0 Å². The number of nitrogens with zero attached hydrogens (tertiary/aromatic N) is 3. The monoisotopic (exact) mass is 422 g/mol. The first-order valence-electron chi connectivity index (χ1n) is 12.0. The molecule has 0 amide bonds. The number of fused-ring (bicyclic) bond motifs is 1. The Labute approximate surface area is 188 Å². The molecule has 1 aromatic heterocycles. The topological polar surface area (TPSA) is 42.3 Å². The number of hydrogen-bond donors (Lipinski definition) is 0. The highest BCUT2D eigenvalue weighted by Gasteiger charge is 2.41. The van der Waals surface area contributed by atoms with Crippen LogP contribution in [-0.2, 0) is 10.8 Å². The number of hydrogen-bond acceptors (Lipinski definition) is 3. The predicted octanol–water partition coefficient (Wildman–Crippen LogP) is 4.72. The zero-order chi connectivity index (χ0) is 22.1. The van der Waals surface area contributed by atoms with Gasteiger partial charge < -0.3 is 10.0 Å². The first-order chi connectivity index (χ1) is 14.8. The van der Waals surface area contributed by atoms with Crippen LogP contribution in [0.5, 0.6) is 0 Å². The lowest BCUT2D eigenvalue weighted by Gasteiger charge is -2.35. The second-order valence-electron chi connectivity index (χ2n) is 10.7. The normalized spacial score (nSPS) is 20.1. The van der Waals surface area contributed by atoms with E-state index in [1.165, 1.54) is 42.5 Å². The maximum atomic E-state index is 7.27. The van der Waals surface area contributed by atoms with E-state index in [4.69, 9.17) is 10.1 Å². The molecule has 2 aromatic rings. The second kappa shape index (κ2) is 8.91. The molecule has 4 heteroatoms. The Hall–Kier alpha value is -1.91. The van der Waals surface area contributed by atoms with Gasteiger partial charge in [-0.25, -0.2) is 4.98 Å². The quantitative estimate of drug-likeness (QED) is 0.479. The number of unbranched alkanes of at least 4 members (excludes halogenated alkanes) is 2. The van der Waals surface area contributed by atoms with Gasteiger partial charge in [-0.1, -0.05) is 45.9 Å². The van der Waals surface area contributed by atoms with Crippen LogP contribution in [-0.4, -0.2) is 54.3 Å². The van der Waals surface area contributed by atoms with Crippen molar-refractivity contribution in [2.75, 3.05) is 44.2 Å². The molecule has 0 radical (unpaired) electrons. The van der Waals surface area contributed by atoms with Gasteiger partial charge in [0.1, 0.15) is 12.4 Å². The molecule has 4 rings (SSSR count). The van der Waals surface area contributed by atoms with Gasteiger partial charge in [-0.2, -0.15) is 0 Å². The average molecular weight is 423 g/mol. The molecule has 0 spiro atoms. The van der Waals surface area contributed by atoms with Crippen molar-refractivity contribution in [3.63, 3.8) is 0 Å². The Balaban J connectivity index is 1.46. The maximum Gasteiger partial charge on any atom is 0.143 e. The molecular weight excluding hydrogens is 382 g/mol. The summed E-state index contributed by atoms with van der Waals surface area (Å²) in [7, 11) is 0. The second-order valence-corrected chi connectivity index (χ2v) is 10.7. The van der Waals surface area contributed by atoms with Crippen LogP contribution in [0.2, 0.25) is 0 Å². The molecule has 1 aromatic carbocycles. The molecule has 1 aliphatic carbocycles. The lowest BCUT2D eigenvalue weighted by molar-refractivity contribution is 0.242. The lowest BCUT2D eigenvalue weighted by Crippen LogP contribution is -2.46. The molecule has 2 N–H and O–H groups in total. The molecular formula is C27H40N3O+. The highest BCUT2D eigenvalue weighted by molar-refractivity contribution is 5.65. The highest BCUT2D eigenvalue weighted by atomic mass is 16.2. The van der Waals surface area contributed by atoms with E-state index in [-0.39, 0.29) is 10.8 Å². The summed E-state index contributed by atoms with van der Waals surface area (Å²) >= 11 is 0. The third kappa shape index (κ3) is 4.80. The van der Waals surface area contributed by atoms with E-state index in [1.54, 1.807) is 0 Å². The van der Waals surface area contributed by atoms with Crippen molar-refractivity contribution in [2.45, 2.75) is 64.2 Å². The average Bonchev–Trinajstić information content (AvgIpc) is 2.95. The molecule has 1 saturated heterocycles. The van der Waals surface area contributed by atoms with Gasteiger partial charge in [0.15, 0.2) is 0 Å². The van der Waals surface area contributed by atoms with Gasteiger partial charge >= 0.3 is 0 Å². The third-order valence-corrected chi connectivity index (χ3v) is 7.24. The van der Waals surface area contributed by atoms with E-state index in [2.05, 4.69) is 73.9 Å². The first-order valence-corrected chi connectivity index (χ1v) is 12.0. The van der Waals surface area contributed by atoms with Crippen LogP contribution in [0.1, 0.15) is 64.5 Å². The number of rotatable bonds is 7. The SMILES string of the molecule is CC1(C)CC(C)(C)c2cc(-c3cccc(N4CCN(CCCCC[OH2+])CC4)n3)ccc21. The summed E-state index contributed by atoms with van der Waals surface area (Å²) in [6.07, 6.45) is 4.63. The molecule has 0 bridgehead atoms. The van der Waals surface area contributed by atoms with Crippen molar-refractivity contribution in [1.82, 2.24) is 9.88 Å². The summed E-state index contributed by atoms with van der Waals surface area (Å²) in [4.78, 5) is 10.1. The minimum absolute atomic E-state index is 0.212. The van der Waals surface area contributed by atoms with Crippen molar-refractivity contribution < 1.29 is 5.11 Å². The fourth-order valence-corrected chi connectivity index (χ4v) is 5.75. The van der Waals surface area contributed by atoms with Crippen molar-refractivity contribution in [3.05, 3.63) is 47.5 Å². The van der Waals surface area contributed by atoms with E-state index in [1.807, 2.05) is 0 Å². The van der Waals surface area contributed by atoms with Crippen molar-refractivity contribution in [3.8, 4) is 11.3 Å². The maximum absolute atomic E-state index is 7.27. The molecule has 1 fully saturated rings. The molecule has 1 aliphatic heterocycles. The van der Waals surface area contributed by atoms with E-state index in [0.717, 1.165) is 44.1 Å². The van der Waals surface area contributed by atoms with Crippen LogP contribution in [0.3, 0.4) is 0 Å². The largest absolute Gasteiger partial charge is 0.445 e. The fourth-order valence-electron chi connectivity index (χ4n) is 5.75. The Morgan fingerprint density at radius 3 is 2.35 bits per heavy atom. The molecule has 0 atom stereocenters. The zero-order valence-electron chi connectivity index (χ0n) is 19.9. The van der Waals surface area contributed by atoms with Gasteiger partial charge in [0.05, 0.1) is 5.69 Å². The Kier molecular flexibility index (Phi) is 6.41. The molecule has 168 valence electrons. The standard InChI is InChI=1S/C27H39N3O/c1-26(2)20-27(3,4)23-19-21(11-12-22(23)26)24-9-8-10-25(28-24)30-16-14-29(15-17-30)13-6-5-7-18-31/h8-12,19,31H,5-7,13-18,20H2,1-4H3/p+1. The highest BCUT2D eigenvalue weighted by Crippen LogP contribution is 2.50.